The van der Waals surface area contributed by atoms with Gasteiger partial charge in [-0.2, -0.15) is 0 Å². The Balaban J connectivity index is 0.937. The summed E-state index contributed by atoms with van der Waals surface area (Å²) in [5.74, 6) is -1.77. The van der Waals surface area contributed by atoms with Crippen molar-refractivity contribution in [2.45, 2.75) is 38.1 Å². The van der Waals surface area contributed by atoms with E-state index in [4.69, 9.17) is 4.74 Å². The van der Waals surface area contributed by atoms with Gasteiger partial charge >= 0.3 is 0 Å². The number of imide groups is 2. The van der Waals surface area contributed by atoms with E-state index in [0.717, 1.165) is 4.90 Å². The quantitative estimate of drug-likeness (QED) is 0.0592. The molecule has 0 radical (unpaired) electrons. The number of anilines is 2. The highest BCUT2D eigenvalue weighted by Gasteiger charge is 2.45. The van der Waals surface area contributed by atoms with Gasteiger partial charge in [-0.1, -0.05) is 6.07 Å². The molecule has 274 valence electrons. The minimum atomic E-state index is -1.05. The van der Waals surface area contributed by atoms with Crippen LogP contribution >= 0.6 is 0 Å². The van der Waals surface area contributed by atoms with Crippen molar-refractivity contribution < 1.29 is 33.6 Å². The van der Waals surface area contributed by atoms with Gasteiger partial charge in [-0.05, 0) is 67.8 Å². The summed E-state index contributed by atoms with van der Waals surface area (Å²) in [6.45, 7) is 0.412. The van der Waals surface area contributed by atoms with Crippen molar-refractivity contribution in [1.82, 2.24) is 19.8 Å². The van der Waals surface area contributed by atoms with Crippen molar-refractivity contribution in [2.24, 2.45) is 7.05 Å². The molecule has 16 nitrogen and oxygen atoms in total. The number of fused-ring (bicyclic) bond motifs is 2. The van der Waals surface area contributed by atoms with Crippen LogP contribution in [0.4, 0.5) is 17.1 Å². The maximum Gasteiger partial charge on any atom is 0.274 e. The molecule has 2 aromatic heterocycles. The first-order valence-electron chi connectivity index (χ1n) is 17.1. The number of hydrogen-bond donors (Lipinski definition) is 4. The van der Waals surface area contributed by atoms with Crippen molar-refractivity contribution in [1.29, 1.82) is 0 Å². The number of hydrogen-bond acceptors (Lipinski definition) is 10. The second-order valence-corrected chi connectivity index (χ2v) is 12.9. The summed E-state index contributed by atoms with van der Waals surface area (Å²) >= 11 is 0. The molecule has 5 aromatic rings. The molecule has 1 atom stereocenters. The highest BCUT2D eigenvalue weighted by Crippen LogP contribution is 2.39. The second kappa shape index (κ2) is 14.5. The van der Waals surface area contributed by atoms with E-state index >= 15 is 0 Å². The summed E-state index contributed by atoms with van der Waals surface area (Å²) in [6, 6.07) is 16.4. The zero-order valence-corrected chi connectivity index (χ0v) is 28.8. The van der Waals surface area contributed by atoms with Crippen LogP contribution in [0.15, 0.2) is 83.9 Å². The maximum atomic E-state index is 13.3. The number of aromatic nitrogens is 2. The molecule has 0 aliphatic carbocycles. The SMILES string of the molecule is Cn1cc(-c2cc([N+](=O)[O-])ccc2Oc2ccc(NC(=O)CCCCNc3cccc4c3C(=O)N(C3CCC(=O)NC3=O)C4=O)cc2)c2cc[nH]c2c1=O. The molecule has 3 aromatic carbocycles. The van der Waals surface area contributed by atoms with Crippen LogP contribution in [0.2, 0.25) is 0 Å². The Labute approximate surface area is 306 Å². The summed E-state index contributed by atoms with van der Waals surface area (Å²) in [5, 5.41) is 20.4. The first kappa shape index (κ1) is 35.3. The van der Waals surface area contributed by atoms with Gasteiger partial charge in [0.25, 0.3) is 23.1 Å². The fourth-order valence-corrected chi connectivity index (χ4v) is 6.67. The molecule has 2 aliphatic rings. The third-order valence-electron chi connectivity index (χ3n) is 9.34. The first-order valence-corrected chi connectivity index (χ1v) is 17.1. The molecule has 1 unspecified atom stereocenters. The number of unbranched alkanes of at least 4 members (excludes halogenated alkanes) is 1. The van der Waals surface area contributed by atoms with Crippen molar-refractivity contribution in [3.63, 3.8) is 0 Å². The van der Waals surface area contributed by atoms with Gasteiger partial charge in [0.05, 0.1) is 16.1 Å². The lowest BCUT2D eigenvalue weighted by atomic mass is 10.0. The Morgan fingerprint density at radius 1 is 0.963 bits per heavy atom. The number of nitro groups is 1. The number of benzene rings is 3. The van der Waals surface area contributed by atoms with Crippen LogP contribution in [0.1, 0.15) is 52.8 Å². The normalized spacial score (nSPS) is 15.3. The minimum Gasteiger partial charge on any atom is -0.457 e. The average Bonchev–Trinajstić information content (AvgIpc) is 3.74. The molecule has 4 N–H and O–H groups in total. The van der Waals surface area contributed by atoms with Gasteiger partial charge in [0.1, 0.15) is 23.1 Å². The van der Waals surface area contributed by atoms with E-state index in [-0.39, 0.29) is 47.5 Å². The molecular formula is C38H33N7O9. The predicted octanol–water partition coefficient (Wildman–Crippen LogP) is 4.86. The van der Waals surface area contributed by atoms with E-state index in [0.29, 0.717) is 64.3 Å². The third kappa shape index (κ3) is 6.79. The van der Waals surface area contributed by atoms with Gasteiger partial charge in [0, 0.05) is 78.8 Å². The molecule has 54 heavy (non-hydrogen) atoms. The van der Waals surface area contributed by atoms with E-state index in [1.807, 2.05) is 0 Å². The molecule has 0 bridgehead atoms. The van der Waals surface area contributed by atoms with Crippen molar-refractivity contribution >= 4 is 57.5 Å². The van der Waals surface area contributed by atoms with Crippen molar-refractivity contribution in [3.8, 4) is 22.6 Å². The number of nitro benzene ring substituents is 1. The van der Waals surface area contributed by atoms with E-state index in [9.17, 15) is 38.9 Å². The molecular weight excluding hydrogens is 698 g/mol. The Kier molecular flexibility index (Phi) is 9.48. The number of ether oxygens (including phenoxy) is 1. The number of nitrogens with zero attached hydrogens (tertiary/aromatic N) is 3. The topological polar surface area (TPSA) is 215 Å². The molecule has 2 aliphatic heterocycles. The zero-order valence-electron chi connectivity index (χ0n) is 28.8. The number of piperidine rings is 1. The Morgan fingerprint density at radius 2 is 1.76 bits per heavy atom. The van der Waals surface area contributed by atoms with E-state index in [1.54, 1.807) is 61.9 Å². The Bertz CT molecular complexity index is 2430. The molecule has 1 fully saturated rings. The van der Waals surface area contributed by atoms with Crippen LogP contribution < -0.4 is 26.2 Å². The van der Waals surface area contributed by atoms with Crippen molar-refractivity contribution in [3.05, 3.63) is 111 Å². The van der Waals surface area contributed by atoms with Crippen LogP contribution in [-0.4, -0.2) is 61.5 Å². The standard InChI is InChI=1S/C38H33N7O9/c1-43-20-27(24-16-18-40-34(24)38(43)51)26-19-22(45(52)53)10-14-30(26)54-23-11-8-21(9-12-23)41-31(46)7-2-3-17-39-28-6-4-5-25-33(28)37(50)44(36(25)49)29-13-15-32(47)42-35(29)48/h4-6,8-12,14,16,18-20,29,39-40H,2-3,7,13,15,17H2,1H3,(H,41,46)(H,42,47,48). The van der Waals surface area contributed by atoms with Gasteiger partial charge in [0.2, 0.25) is 17.7 Å². The highest BCUT2D eigenvalue weighted by molar-refractivity contribution is 6.25. The van der Waals surface area contributed by atoms with Crippen LogP contribution in [0.3, 0.4) is 0 Å². The van der Waals surface area contributed by atoms with Gasteiger partial charge in [-0.15, -0.1) is 0 Å². The summed E-state index contributed by atoms with van der Waals surface area (Å²) < 4.78 is 7.55. The van der Waals surface area contributed by atoms with Crippen LogP contribution in [0, 0.1) is 10.1 Å². The number of non-ortho nitro benzene ring substituents is 1. The Morgan fingerprint density at radius 3 is 2.52 bits per heavy atom. The number of pyridine rings is 1. The van der Waals surface area contributed by atoms with Gasteiger partial charge in [0.15, 0.2) is 0 Å². The maximum absolute atomic E-state index is 13.3. The lowest BCUT2D eigenvalue weighted by Gasteiger charge is -2.27. The lowest BCUT2D eigenvalue weighted by Crippen LogP contribution is -2.54. The fraction of sp³-hybridized carbons (Fsp3) is 0.211. The summed E-state index contributed by atoms with van der Waals surface area (Å²) in [5.41, 5.74) is 2.29. The monoisotopic (exact) mass is 731 g/mol. The lowest BCUT2D eigenvalue weighted by molar-refractivity contribution is -0.384. The fourth-order valence-electron chi connectivity index (χ4n) is 6.67. The van der Waals surface area contributed by atoms with E-state index in [1.165, 1.54) is 28.8 Å². The van der Waals surface area contributed by atoms with Crippen LogP contribution in [-0.2, 0) is 21.4 Å². The zero-order chi connectivity index (χ0) is 38.1. The summed E-state index contributed by atoms with van der Waals surface area (Å²) in [6.07, 6.45) is 4.64. The third-order valence-corrected chi connectivity index (χ3v) is 9.34. The number of carbonyl (C=O) groups excluding carboxylic acids is 5. The average molecular weight is 732 g/mol. The number of H-pyrrole nitrogens is 1. The molecule has 16 heteroatoms. The molecule has 7 rings (SSSR count). The number of carbonyl (C=O) groups is 5. The van der Waals surface area contributed by atoms with Crippen LogP contribution in [0.25, 0.3) is 22.0 Å². The first-order chi connectivity index (χ1) is 26.0. The molecule has 1 saturated heterocycles. The number of rotatable bonds is 12. The number of aromatic amines is 1. The highest BCUT2D eigenvalue weighted by atomic mass is 16.6. The smallest absolute Gasteiger partial charge is 0.274 e. The predicted molar refractivity (Wildman–Crippen MR) is 196 cm³/mol. The number of aryl methyl sites for hydroxylation is 1. The number of amides is 5. The molecule has 0 saturated carbocycles. The van der Waals surface area contributed by atoms with Crippen molar-refractivity contribution in [2.75, 3.05) is 17.2 Å². The molecule has 4 heterocycles. The van der Waals surface area contributed by atoms with Gasteiger partial charge in [-0.3, -0.25) is 49.1 Å². The molecule has 0 spiro atoms. The van der Waals surface area contributed by atoms with E-state index < -0.39 is 34.6 Å². The second-order valence-electron chi connectivity index (χ2n) is 12.9. The van der Waals surface area contributed by atoms with Gasteiger partial charge < -0.3 is 24.9 Å². The number of nitrogens with one attached hydrogen (secondary N) is 4. The summed E-state index contributed by atoms with van der Waals surface area (Å²) in [7, 11) is 1.60. The van der Waals surface area contributed by atoms with Crippen LogP contribution in [0.5, 0.6) is 11.5 Å². The largest absolute Gasteiger partial charge is 0.457 e. The van der Waals surface area contributed by atoms with Gasteiger partial charge in [-0.25, -0.2) is 0 Å². The molecule has 5 amide bonds. The van der Waals surface area contributed by atoms with E-state index in [2.05, 4.69) is 20.9 Å². The minimum absolute atomic E-state index is 0.0336. The Hall–Kier alpha value is -7.10. The summed E-state index contributed by atoms with van der Waals surface area (Å²) in [4.78, 5) is 90.6.